The van der Waals surface area contributed by atoms with Crippen LogP contribution in [0.4, 0.5) is 4.39 Å². The zero-order valence-electron chi connectivity index (χ0n) is 15.8. The van der Waals surface area contributed by atoms with E-state index in [1.54, 1.807) is 0 Å². The van der Waals surface area contributed by atoms with Crippen molar-refractivity contribution >= 4 is 15.9 Å². The van der Waals surface area contributed by atoms with Gasteiger partial charge in [-0.15, -0.1) is 0 Å². The number of methoxy groups -OCH3 is 1. The van der Waals surface area contributed by atoms with E-state index in [4.69, 9.17) is 9.47 Å². The number of sulfonamides is 1. The molecule has 1 N–H and O–H groups in total. The molecule has 0 radical (unpaired) electrons. The van der Waals surface area contributed by atoms with Crippen molar-refractivity contribution < 1.29 is 27.1 Å². The van der Waals surface area contributed by atoms with Crippen LogP contribution in [0.2, 0.25) is 0 Å². The molecular weight excluding hydrogens is 387 g/mol. The molecule has 0 bridgehead atoms. The molecule has 1 amide bonds. The molecule has 1 aromatic rings. The van der Waals surface area contributed by atoms with Gasteiger partial charge in [0, 0.05) is 19.6 Å². The highest BCUT2D eigenvalue weighted by Gasteiger charge is 2.30. The van der Waals surface area contributed by atoms with E-state index in [1.807, 2.05) is 0 Å². The Morgan fingerprint density at radius 1 is 1.21 bits per heavy atom. The van der Waals surface area contributed by atoms with Crippen LogP contribution in [0.15, 0.2) is 40.5 Å². The second kappa shape index (κ2) is 8.91. The van der Waals surface area contributed by atoms with E-state index < -0.39 is 16.9 Å². The van der Waals surface area contributed by atoms with E-state index in [0.29, 0.717) is 31.1 Å². The highest BCUT2D eigenvalue weighted by molar-refractivity contribution is 7.89. The number of nitrogens with one attached hydrogen (secondary N) is 1. The zero-order chi connectivity index (χ0) is 20.1. The lowest BCUT2D eigenvalue weighted by molar-refractivity contribution is -0.120. The number of hydrogen-bond acceptors (Lipinski definition) is 5. The fourth-order valence-corrected chi connectivity index (χ4v) is 4.62. The second-order valence-electron chi connectivity index (χ2n) is 6.92. The molecule has 2 fully saturated rings. The van der Waals surface area contributed by atoms with Crippen molar-refractivity contribution in [3.05, 3.63) is 35.6 Å². The first-order valence-electron chi connectivity index (χ1n) is 9.29. The number of carbonyl (C=O) groups excluding carboxylic acids is 1. The summed E-state index contributed by atoms with van der Waals surface area (Å²) >= 11 is 0. The van der Waals surface area contributed by atoms with Crippen molar-refractivity contribution in [2.45, 2.75) is 30.6 Å². The molecule has 7 nitrogen and oxygen atoms in total. The smallest absolute Gasteiger partial charge is 0.286 e. The number of piperidine rings is 1. The number of amides is 1. The molecule has 0 unspecified atom stereocenters. The van der Waals surface area contributed by atoms with E-state index in [0.717, 1.165) is 18.4 Å². The summed E-state index contributed by atoms with van der Waals surface area (Å²) in [6, 6.07) is 5.65. The molecule has 28 heavy (non-hydrogen) atoms. The van der Waals surface area contributed by atoms with Gasteiger partial charge in [0.25, 0.3) is 5.91 Å². The lowest BCUT2D eigenvalue weighted by Gasteiger charge is -2.28. The van der Waals surface area contributed by atoms with Crippen LogP contribution in [-0.4, -0.2) is 52.2 Å². The lowest BCUT2D eigenvalue weighted by Crippen LogP contribution is -2.37. The van der Waals surface area contributed by atoms with E-state index in [9.17, 15) is 17.6 Å². The van der Waals surface area contributed by atoms with Crippen molar-refractivity contribution in [1.29, 1.82) is 0 Å². The summed E-state index contributed by atoms with van der Waals surface area (Å²) in [6.07, 6.45) is 3.16. The molecule has 3 rings (SSSR count). The molecule has 1 heterocycles. The largest absolute Gasteiger partial charge is 0.491 e. The van der Waals surface area contributed by atoms with Crippen molar-refractivity contribution in [1.82, 2.24) is 9.62 Å². The van der Waals surface area contributed by atoms with Crippen molar-refractivity contribution in [3.8, 4) is 5.75 Å². The van der Waals surface area contributed by atoms with E-state index >= 15 is 0 Å². The van der Waals surface area contributed by atoms with Gasteiger partial charge in [-0.1, -0.05) is 0 Å². The lowest BCUT2D eigenvalue weighted by atomic mass is 10.0. The van der Waals surface area contributed by atoms with Crippen LogP contribution in [0.1, 0.15) is 25.7 Å². The van der Waals surface area contributed by atoms with Gasteiger partial charge in [0.2, 0.25) is 16.9 Å². The Morgan fingerprint density at radius 2 is 1.86 bits per heavy atom. The van der Waals surface area contributed by atoms with Gasteiger partial charge < -0.3 is 14.8 Å². The number of hydrogen-bond donors (Lipinski definition) is 1. The second-order valence-corrected chi connectivity index (χ2v) is 8.86. The SMILES string of the molecule is COC(C(=O)NCC1CC1)=C1CCN(S(=O)(=O)c2ccc(OCF)cc2)CC1. The molecule has 0 atom stereocenters. The van der Waals surface area contributed by atoms with Gasteiger partial charge in [-0.3, -0.25) is 4.79 Å². The van der Waals surface area contributed by atoms with Crippen molar-refractivity contribution in [2.75, 3.05) is 33.6 Å². The zero-order valence-corrected chi connectivity index (χ0v) is 16.6. The molecule has 2 aliphatic rings. The summed E-state index contributed by atoms with van der Waals surface area (Å²) < 4.78 is 49.2. The molecule has 1 aliphatic carbocycles. The number of nitrogens with zero attached hydrogens (tertiary/aromatic N) is 1. The van der Waals surface area contributed by atoms with Crippen LogP contribution in [-0.2, 0) is 19.6 Å². The Kier molecular flexibility index (Phi) is 6.56. The summed E-state index contributed by atoms with van der Waals surface area (Å²) in [5.41, 5.74) is 0.828. The maximum atomic E-state index is 12.8. The van der Waals surface area contributed by atoms with Crippen LogP contribution >= 0.6 is 0 Å². The fourth-order valence-electron chi connectivity index (χ4n) is 3.18. The predicted molar refractivity (Wildman–Crippen MR) is 101 cm³/mol. The number of benzene rings is 1. The monoisotopic (exact) mass is 412 g/mol. The molecule has 0 aromatic heterocycles. The minimum Gasteiger partial charge on any atom is -0.491 e. The van der Waals surface area contributed by atoms with Gasteiger partial charge in [-0.05, 0) is 61.4 Å². The number of alkyl halides is 1. The maximum Gasteiger partial charge on any atom is 0.286 e. The van der Waals surface area contributed by atoms with Crippen LogP contribution < -0.4 is 10.1 Å². The van der Waals surface area contributed by atoms with Crippen LogP contribution in [0, 0.1) is 5.92 Å². The molecule has 1 aliphatic heterocycles. The predicted octanol–water partition coefficient (Wildman–Crippen LogP) is 2.20. The summed E-state index contributed by atoms with van der Waals surface area (Å²) in [7, 11) is -2.20. The number of carbonyl (C=O) groups is 1. The third-order valence-electron chi connectivity index (χ3n) is 4.99. The number of ether oxygens (including phenoxy) is 2. The van der Waals surface area contributed by atoms with Gasteiger partial charge in [0.15, 0.2) is 5.76 Å². The first-order chi connectivity index (χ1) is 13.5. The van der Waals surface area contributed by atoms with Crippen molar-refractivity contribution in [2.24, 2.45) is 5.92 Å². The third kappa shape index (κ3) is 4.82. The van der Waals surface area contributed by atoms with Gasteiger partial charge in [-0.2, -0.15) is 4.31 Å². The van der Waals surface area contributed by atoms with Gasteiger partial charge in [0.05, 0.1) is 12.0 Å². The Labute approximate surface area is 164 Å². The summed E-state index contributed by atoms with van der Waals surface area (Å²) in [6.45, 7) is 0.220. The Morgan fingerprint density at radius 3 is 2.39 bits per heavy atom. The van der Waals surface area contributed by atoms with E-state index in [2.05, 4.69) is 5.32 Å². The highest BCUT2D eigenvalue weighted by atomic mass is 32.2. The summed E-state index contributed by atoms with van der Waals surface area (Å²) in [5.74, 6) is 0.905. The van der Waals surface area contributed by atoms with E-state index in [-0.39, 0.29) is 29.6 Å². The molecular formula is C19H25FN2O5S. The molecule has 0 spiro atoms. The minimum atomic E-state index is -3.66. The minimum absolute atomic E-state index is 0.125. The summed E-state index contributed by atoms with van der Waals surface area (Å²) in [4.78, 5) is 12.5. The number of rotatable bonds is 8. The topological polar surface area (TPSA) is 84.9 Å². The summed E-state index contributed by atoms with van der Waals surface area (Å²) in [5, 5.41) is 2.88. The standard InChI is InChI=1S/C19H25FN2O5S/c1-26-18(19(23)21-12-14-2-3-14)15-8-10-22(11-9-15)28(24,25)17-6-4-16(5-7-17)27-13-20/h4-7,14H,2-3,8-13H2,1H3,(H,21,23). The molecule has 1 saturated carbocycles. The van der Waals surface area contributed by atoms with Gasteiger partial charge in [-0.25, -0.2) is 12.8 Å². The molecule has 154 valence electrons. The van der Waals surface area contributed by atoms with Gasteiger partial charge >= 0.3 is 0 Å². The van der Waals surface area contributed by atoms with Crippen LogP contribution in [0.5, 0.6) is 5.75 Å². The normalized spacial score (nSPS) is 17.9. The maximum absolute atomic E-state index is 12.8. The van der Waals surface area contributed by atoms with E-state index in [1.165, 1.54) is 35.7 Å². The Hall–Kier alpha value is -2.13. The van der Waals surface area contributed by atoms with Crippen LogP contribution in [0.3, 0.4) is 0 Å². The van der Waals surface area contributed by atoms with Crippen molar-refractivity contribution in [3.63, 3.8) is 0 Å². The highest BCUT2D eigenvalue weighted by Crippen LogP contribution is 2.29. The molecule has 1 saturated heterocycles. The first-order valence-corrected chi connectivity index (χ1v) is 10.7. The Bertz CT molecular complexity index is 824. The molecule has 1 aromatic carbocycles. The molecule has 9 heteroatoms. The quantitative estimate of drug-likeness (QED) is 0.523. The number of halogens is 1. The first kappa shape index (κ1) is 20.6. The van der Waals surface area contributed by atoms with Gasteiger partial charge in [0.1, 0.15) is 5.75 Å². The average Bonchev–Trinajstić information content (AvgIpc) is 3.53. The fraction of sp³-hybridized carbons (Fsp3) is 0.526. The average molecular weight is 412 g/mol. The third-order valence-corrected chi connectivity index (χ3v) is 6.90. The van der Waals surface area contributed by atoms with Crippen LogP contribution in [0.25, 0.3) is 0 Å². The Balaban J connectivity index is 1.64.